The highest BCUT2D eigenvalue weighted by Crippen LogP contribution is 2.37. The number of hydrogen-bond donors (Lipinski definition) is 0. The summed E-state index contributed by atoms with van der Waals surface area (Å²) in [5.74, 6) is -0.637. The Balaban J connectivity index is 0.000000322. The van der Waals surface area contributed by atoms with Crippen molar-refractivity contribution in [1.82, 2.24) is 0 Å². The van der Waals surface area contributed by atoms with Gasteiger partial charge in [-0.15, -0.1) is 0 Å². The van der Waals surface area contributed by atoms with Gasteiger partial charge in [-0.05, 0) is 77.9 Å². The Morgan fingerprint density at radius 3 is 1.44 bits per heavy atom. The van der Waals surface area contributed by atoms with Crippen molar-refractivity contribution in [2.24, 2.45) is 0 Å². The van der Waals surface area contributed by atoms with E-state index in [4.69, 9.17) is 9.47 Å². The molecule has 0 radical (unpaired) electrons. The van der Waals surface area contributed by atoms with Crippen LogP contribution in [-0.2, 0) is 21.0 Å². The zero-order chi connectivity index (χ0) is 30.4. The molecule has 4 rings (SSSR count). The van der Waals surface area contributed by atoms with Gasteiger partial charge in [0.15, 0.2) is 14.7 Å². The van der Waals surface area contributed by atoms with E-state index in [1.54, 1.807) is 0 Å². The van der Waals surface area contributed by atoms with Crippen molar-refractivity contribution in [2.75, 3.05) is 0 Å². The van der Waals surface area contributed by atoms with Crippen molar-refractivity contribution in [3.8, 4) is 11.5 Å². The minimum absolute atomic E-state index is 0.252. The first-order valence-electron chi connectivity index (χ1n) is 12.8. The number of halogens is 2. The molecule has 0 heterocycles. The van der Waals surface area contributed by atoms with E-state index in [0.717, 1.165) is 11.5 Å². The third-order valence-corrected chi connectivity index (χ3v) is 8.12. The van der Waals surface area contributed by atoms with E-state index >= 15 is 0 Å². The molecule has 0 unspecified atom stereocenters. The number of hydrogen-bond acceptors (Lipinski definition) is 5. The summed E-state index contributed by atoms with van der Waals surface area (Å²) in [4.78, 5) is 2.69. The van der Waals surface area contributed by atoms with E-state index in [-0.39, 0.29) is 22.1 Å². The van der Waals surface area contributed by atoms with Gasteiger partial charge >= 0.3 is 0 Å². The molecule has 0 saturated carbocycles. The van der Waals surface area contributed by atoms with Crippen LogP contribution in [0.3, 0.4) is 0 Å². The normalized spacial score (nSPS) is 12.0. The lowest BCUT2D eigenvalue weighted by molar-refractivity contribution is 0.120. The lowest BCUT2D eigenvalue weighted by Crippen LogP contribution is -2.24. The highest BCUT2D eigenvalue weighted by molar-refractivity contribution is 7.97. The number of ether oxygens (including phenoxy) is 2. The van der Waals surface area contributed by atoms with Crippen LogP contribution in [0.1, 0.15) is 41.5 Å². The van der Waals surface area contributed by atoms with Gasteiger partial charge < -0.3 is 14.0 Å². The summed E-state index contributed by atoms with van der Waals surface area (Å²) in [6, 6.07) is 29.2. The molecule has 9 heteroatoms. The predicted octanol–water partition coefficient (Wildman–Crippen LogP) is 8.01. The van der Waals surface area contributed by atoms with E-state index in [1.165, 1.54) is 14.7 Å². The summed E-state index contributed by atoms with van der Waals surface area (Å²) in [7, 11) is -5.09. The van der Waals surface area contributed by atoms with Crippen molar-refractivity contribution < 1.29 is 31.2 Å². The van der Waals surface area contributed by atoms with Gasteiger partial charge in [-0.3, -0.25) is 0 Å². The fraction of sp³-hybridized carbons (Fsp3) is 0.250. The Bertz CT molecular complexity index is 1470. The Morgan fingerprint density at radius 2 is 1.07 bits per heavy atom. The predicted molar refractivity (Wildman–Crippen MR) is 157 cm³/mol. The quantitative estimate of drug-likeness (QED) is 0.166. The van der Waals surface area contributed by atoms with Gasteiger partial charge in [0.05, 0.1) is 15.8 Å². The van der Waals surface area contributed by atoms with Crippen LogP contribution in [0, 0.1) is 11.6 Å². The molecule has 0 aliphatic heterocycles. The summed E-state index contributed by atoms with van der Waals surface area (Å²) in [5.41, 5.74) is -0.564. The molecule has 5 nitrogen and oxygen atoms in total. The molecule has 0 bridgehead atoms. The molecular weight excluding hydrogens is 566 g/mol. The van der Waals surface area contributed by atoms with Crippen molar-refractivity contribution in [1.29, 1.82) is 0 Å². The minimum Gasteiger partial charge on any atom is -0.744 e. The standard InChI is InChI=1S/C26H31O2S.C6H4F2O3S/c1-25(2,3)27-20-17-21(28-26(4,5)6)19-24(18-20)29(22-13-9-7-10-14-22)23-15-11-8-12-16-23;7-4-1-2-6(5(8)3-4)12(9,10)11/h7-19H,1-6H3;1-3H,(H,9,10,11)/q+1;/p-1. The molecular formula is C32H34F2O5S2. The average Bonchev–Trinajstić information content (AvgIpc) is 2.83. The van der Waals surface area contributed by atoms with Gasteiger partial charge in [-0.2, -0.15) is 0 Å². The summed E-state index contributed by atoms with van der Waals surface area (Å²) in [6.45, 7) is 12.4. The van der Waals surface area contributed by atoms with Crippen LogP contribution in [0.15, 0.2) is 117 Å². The molecule has 0 spiro atoms. The van der Waals surface area contributed by atoms with E-state index in [0.29, 0.717) is 18.2 Å². The largest absolute Gasteiger partial charge is 0.744 e. The van der Waals surface area contributed by atoms with Crippen LogP contribution >= 0.6 is 0 Å². The molecule has 0 amide bonds. The average molecular weight is 601 g/mol. The lowest BCUT2D eigenvalue weighted by atomic mass is 10.2. The van der Waals surface area contributed by atoms with Gasteiger partial charge in [-0.1, -0.05) is 36.4 Å². The van der Waals surface area contributed by atoms with Gasteiger partial charge in [0.1, 0.15) is 44.5 Å². The molecule has 4 aromatic carbocycles. The van der Waals surface area contributed by atoms with Crippen LogP contribution in [0.5, 0.6) is 11.5 Å². The van der Waals surface area contributed by atoms with E-state index in [2.05, 4.69) is 114 Å². The first-order valence-corrected chi connectivity index (χ1v) is 15.4. The molecule has 4 aromatic rings. The SMILES string of the molecule is CC(C)(C)Oc1cc(OC(C)(C)C)cc([S+](c2ccccc2)c2ccccc2)c1.O=S(=O)([O-])c1ccc(F)cc1F. The van der Waals surface area contributed by atoms with E-state index in [1.807, 2.05) is 6.07 Å². The van der Waals surface area contributed by atoms with Crippen LogP contribution in [0.2, 0.25) is 0 Å². The molecule has 0 aliphatic carbocycles. The number of rotatable bonds is 6. The molecule has 218 valence electrons. The van der Waals surface area contributed by atoms with Crippen molar-refractivity contribution in [3.05, 3.63) is 109 Å². The van der Waals surface area contributed by atoms with Crippen LogP contribution in [0.25, 0.3) is 0 Å². The Labute approximate surface area is 244 Å². The second-order valence-electron chi connectivity index (χ2n) is 11.0. The molecule has 41 heavy (non-hydrogen) atoms. The third-order valence-electron chi connectivity index (χ3n) is 5.06. The summed E-state index contributed by atoms with van der Waals surface area (Å²) in [5, 5.41) is 0. The smallest absolute Gasteiger partial charge is 0.173 e. The maximum atomic E-state index is 12.5. The molecule has 0 saturated heterocycles. The van der Waals surface area contributed by atoms with Crippen molar-refractivity contribution in [2.45, 2.75) is 72.3 Å². The Kier molecular flexibility index (Phi) is 10.2. The van der Waals surface area contributed by atoms with Crippen LogP contribution in [0.4, 0.5) is 8.78 Å². The third kappa shape index (κ3) is 10.2. The van der Waals surface area contributed by atoms with Crippen LogP contribution in [-0.4, -0.2) is 24.2 Å². The number of benzene rings is 4. The fourth-order valence-electron chi connectivity index (χ4n) is 3.69. The fourth-order valence-corrected chi connectivity index (χ4v) is 6.36. The molecule has 0 aliphatic rings. The summed E-state index contributed by atoms with van der Waals surface area (Å²) < 4.78 is 68.0. The maximum Gasteiger partial charge on any atom is 0.173 e. The highest BCUT2D eigenvalue weighted by Gasteiger charge is 2.31. The zero-order valence-electron chi connectivity index (χ0n) is 23.9. The first kappa shape index (κ1) is 32.1. The van der Waals surface area contributed by atoms with Gasteiger partial charge in [-0.25, -0.2) is 17.2 Å². The molecule has 0 fully saturated rings. The van der Waals surface area contributed by atoms with Crippen molar-refractivity contribution in [3.63, 3.8) is 0 Å². The summed E-state index contributed by atoms with van der Waals surface area (Å²) >= 11 is 0. The van der Waals surface area contributed by atoms with Crippen LogP contribution < -0.4 is 9.47 Å². The topological polar surface area (TPSA) is 75.7 Å². The van der Waals surface area contributed by atoms with Gasteiger partial charge in [0, 0.05) is 24.3 Å². The van der Waals surface area contributed by atoms with E-state index in [9.17, 15) is 21.8 Å². The molecule has 0 aromatic heterocycles. The van der Waals surface area contributed by atoms with Gasteiger partial charge in [0.2, 0.25) is 0 Å². The minimum atomic E-state index is -4.84. The summed E-state index contributed by atoms with van der Waals surface area (Å²) in [6.07, 6.45) is 0. The molecule has 0 atom stereocenters. The first-order chi connectivity index (χ1) is 19.0. The highest BCUT2D eigenvalue weighted by atomic mass is 32.2. The van der Waals surface area contributed by atoms with E-state index < -0.39 is 26.6 Å². The monoisotopic (exact) mass is 600 g/mol. The maximum absolute atomic E-state index is 12.5. The molecule has 0 N–H and O–H groups in total. The van der Waals surface area contributed by atoms with Gasteiger partial charge in [0.25, 0.3) is 0 Å². The zero-order valence-corrected chi connectivity index (χ0v) is 25.5. The lowest BCUT2D eigenvalue weighted by Gasteiger charge is -2.25. The Hall–Kier alpha value is -3.40. The Morgan fingerprint density at radius 1 is 0.634 bits per heavy atom. The second kappa shape index (κ2) is 13.1. The van der Waals surface area contributed by atoms with Crippen molar-refractivity contribution >= 4 is 21.0 Å². The second-order valence-corrected chi connectivity index (χ2v) is 14.4.